The van der Waals surface area contributed by atoms with Gasteiger partial charge in [-0.25, -0.2) is 0 Å². The third kappa shape index (κ3) is 3.18. The molecular weight excluding hydrogens is 267 g/mol. The van der Waals surface area contributed by atoms with Crippen LogP contribution < -0.4 is 4.74 Å². The normalized spacial score (nSPS) is 10.4. The summed E-state index contributed by atoms with van der Waals surface area (Å²) in [4.78, 5) is 0. The molecule has 0 saturated carbocycles. The summed E-state index contributed by atoms with van der Waals surface area (Å²) in [5.41, 5.74) is 2.22. The molecule has 18 heavy (non-hydrogen) atoms. The molecule has 0 spiro atoms. The predicted octanol–water partition coefficient (Wildman–Crippen LogP) is 5.13. The number of para-hydroxylation sites is 1. The molecule has 0 unspecified atom stereocenters. The van der Waals surface area contributed by atoms with Crippen molar-refractivity contribution in [2.75, 3.05) is 0 Å². The third-order valence-corrected chi connectivity index (χ3v) is 3.47. The van der Waals surface area contributed by atoms with Crippen molar-refractivity contribution in [1.29, 1.82) is 0 Å². The summed E-state index contributed by atoms with van der Waals surface area (Å²) in [6.07, 6.45) is 0.956. The minimum absolute atomic E-state index is 0.494. The second-order valence-electron chi connectivity index (χ2n) is 4.00. The van der Waals surface area contributed by atoms with Crippen LogP contribution in [0.5, 0.6) is 5.75 Å². The Morgan fingerprint density at radius 2 is 1.78 bits per heavy atom. The van der Waals surface area contributed by atoms with Crippen molar-refractivity contribution >= 4 is 23.2 Å². The van der Waals surface area contributed by atoms with Crippen LogP contribution in [0.3, 0.4) is 0 Å². The summed E-state index contributed by atoms with van der Waals surface area (Å²) < 4.78 is 5.81. The van der Waals surface area contributed by atoms with Gasteiger partial charge in [0.25, 0.3) is 0 Å². The first-order valence-corrected chi connectivity index (χ1v) is 6.61. The highest BCUT2D eigenvalue weighted by Crippen LogP contribution is 2.24. The van der Waals surface area contributed by atoms with Gasteiger partial charge in [-0.2, -0.15) is 0 Å². The SMILES string of the molecule is CCc1ccccc1OCc1ccc(Cl)c(Cl)c1. The molecule has 0 heterocycles. The van der Waals surface area contributed by atoms with Crippen molar-refractivity contribution < 1.29 is 4.74 Å². The zero-order chi connectivity index (χ0) is 13.0. The van der Waals surface area contributed by atoms with E-state index in [1.165, 1.54) is 5.56 Å². The molecule has 0 N–H and O–H groups in total. The fourth-order valence-electron chi connectivity index (χ4n) is 1.73. The van der Waals surface area contributed by atoms with Gasteiger partial charge in [-0.1, -0.05) is 54.4 Å². The quantitative estimate of drug-likeness (QED) is 0.754. The van der Waals surface area contributed by atoms with Crippen LogP contribution in [-0.2, 0) is 13.0 Å². The Hall–Kier alpha value is -1.18. The van der Waals surface area contributed by atoms with Crippen molar-refractivity contribution in [3.05, 3.63) is 63.6 Å². The Bertz CT molecular complexity index is 538. The maximum Gasteiger partial charge on any atom is 0.122 e. The molecule has 0 aliphatic carbocycles. The molecule has 2 aromatic carbocycles. The van der Waals surface area contributed by atoms with E-state index in [1.54, 1.807) is 6.07 Å². The highest BCUT2D eigenvalue weighted by Gasteiger charge is 2.03. The first-order chi connectivity index (χ1) is 8.70. The lowest BCUT2D eigenvalue weighted by molar-refractivity contribution is 0.303. The summed E-state index contributed by atoms with van der Waals surface area (Å²) >= 11 is 11.8. The summed E-state index contributed by atoms with van der Waals surface area (Å²) in [7, 11) is 0. The van der Waals surface area contributed by atoms with Gasteiger partial charge in [0.1, 0.15) is 12.4 Å². The maximum atomic E-state index is 5.97. The van der Waals surface area contributed by atoms with E-state index in [9.17, 15) is 0 Å². The molecule has 0 aliphatic heterocycles. The largest absolute Gasteiger partial charge is 0.489 e. The number of benzene rings is 2. The van der Waals surface area contributed by atoms with Crippen molar-refractivity contribution in [3.63, 3.8) is 0 Å². The van der Waals surface area contributed by atoms with Crippen LogP contribution in [0.2, 0.25) is 10.0 Å². The number of halogens is 2. The molecule has 0 saturated heterocycles. The summed E-state index contributed by atoms with van der Waals surface area (Å²) in [6.45, 7) is 2.61. The van der Waals surface area contributed by atoms with E-state index >= 15 is 0 Å². The molecule has 2 aromatic rings. The van der Waals surface area contributed by atoms with Gasteiger partial charge < -0.3 is 4.74 Å². The highest BCUT2D eigenvalue weighted by atomic mass is 35.5. The fourth-order valence-corrected chi connectivity index (χ4v) is 2.05. The standard InChI is InChI=1S/C15H14Cl2O/c1-2-12-5-3-4-6-15(12)18-10-11-7-8-13(16)14(17)9-11/h3-9H,2,10H2,1H3. The average molecular weight is 281 g/mol. The molecule has 0 radical (unpaired) electrons. The average Bonchev–Trinajstić information content (AvgIpc) is 2.40. The van der Waals surface area contributed by atoms with E-state index in [4.69, 9.17) is 27.9 Å². The molecule has 0 atom stereocenters. The van der Waals surface area contributed by atoms with Crippen LogP contribution in [-0.4, -0.2) is 0 Å². The molecular formula is C15H14Cl2O. The lowest BCUT2D eigenvalue weighted by Gasteiger charge is -2.10. The van der Waals surface area contributed by atoms with Crippen LogP contribution in [0.1, 0.15) is 18.1 Å². The van der Waals surface area contributed by atoms with Gasteiger partial charge in [0.15, 0.2) is 0 Å². The molecule has 0 aromatic heterocycles. The van der Waals surface area contributed by atoms with Crippen molar-refractivity contribution in [3.8, 4) is 5.75 Å². The second kappa shape index (κ2) is 6.12. The second-order valence-corrected chi connectivity index (χ2v) is 4.81. The van der Waals surface area contributed by atoms with Gasteiger partial charge in [0.05, 0.1) is 10.0 Å². The first-order valence-electron chi connectivity index (χ1n) is 5.85. The summed E-state index contributed by atoms with van der Waals surface area (Å²) in [6, 6.07) is 13.6. The summed E-state index contributed by atoms with van der Waals surface area (Å²) in [5.74, 6) is 0.922. The Balaban J connectivity index is 2.09. The topological polar surface area (TPSA) is 9.23 Å². The molecule has 94 valence electrons. The molecule has 1 nitrogen and oxygen atoms in total. The van der Waals surface area contributed by atoms with Crippen molar-refractivity contribution in [1.82, 2.24) is 0 Å². The molecule has 0 aliphatic rings. The van der Waals surface area contributed by atoms with Crippen LogP contribution in [0, 0.1) is 0 Å². The van der Waals surface area contributed by atoms with Crippen LogP contribution in [0.4, 0.5) is 0 Å². The van der Waals surface area contributed by atoms with E-state index in [-0.39, 0.29) is 0 Å². The number of hydrogen-bond acceptors (Lipinski definition) is 1. The molecule has 2 rings (SSSR count). The maximum absolute atomic E-state index is 5.97. The van der Waals surface area contributed by atoms with Crippen LogP contribution in [0.25, 0.3) is 0 Å². The zero-order valence-corrected chi connectivity index (χ0v) is 11.6. The molecule has 0 bridgehead atoms. The number of aryl methyl sites for hydroxylation is 1. The third-order valence-electron chi connectivity index (χ3n) is 2.73. The number of ether oxygens (including phenoxy) is 1. The Labute approximate surface area is 117 Å². The van der Waals surface area contributed by atoms with Crippen LogP contribution >= 0.6 is 23.2 Å². The highest BCUT2D eigenvalue weighted by molar-refractivity contribution is 6.42. The first kappa shape index (κ1) is 13.3. The van der Waals surface area contributed by atoms with E-state index in [2.05, 4.69) is 13.0 Å². The van der Waals surface area contributed by atoms with Gasteiger partial charge in [0.2, 0.25) is 0 Å². The predicted molar refractivity (Wildman–Crippen MR) is 76.6 cm³/mol. The van der Waals surface area contributed by atoms with E-state index in [0.717, 1.165) is 17.7 Å². The van der Waals surface area contributed by atoms with E-state index in [0.29, 0.717) is 16.7 Å². The Kier molecular flexibility index (Phi) is 4.51. The number of hydrogen-bond donors (Lipinski definition) is 0. The molecule has 0 amide bonds. The zero-order valence-electron chi connectivity index (χ0n) is 10.1. The van der Waals surface area contributed by atoms with Gasteiger partial charge in [-0.3, -0.25) is 0 Å². The van der Waals surface area contributed by atoms with Gasteiger partial charge in [-0.15, -0.1) is 0 Å². The van der Waals surface area contributed by atoms with Crippen LogP contribution in [0.15, 0.2) is 42.5 Å². The fraction of sp³-hybridized carbons (Fsp3) is 0.200. The molecule has 0 fully saturated rings. The van der Waals surface area contributed by atoms with E-state index in [1.807, 2.05) is 30.3 Å². The van der Waals surface area contributed by atoms with Crippen molar-refractivity contribution in [2.24, 2.45) is 0 Å². The lowest BCUT2D eigenvalue weighted by atomic mass is 10.1. The van der Waals surface area contributed by atoms with Gasteiger partial charge >= 0.3 is 0 Å². The van der Waals surface area contributed by atoms with Crippen molar-refractivity contribution in [2.45, 2.75) is 20.0 Å². The van der Waals surface area contributed by atoms with E-state index < -0.39 is 0 Å². The van der Waals surface area contributed by atoms with Gasteiger partial charge in [0, 0.05) is 0 Å². The smallest absolute Gasteiger partial charge is 0.122 e. The molecule has 3 heteroatoms. The van der Waals surface area contributed by atoms with Gasteiger partial charge in [-0.05, 0) is 35.7 Å². The minimum Gasteiger partial charge on any atom is -0.489 e. The Morgan fingerprint density at radius 3 is 2.50 bits per heavy atom. The Morgan fingerprint density at radius 1 is 1.00 bits per heavy atom. The number of rotatable bonds is 4. The summed E-state index contributed by atoms with van der Waals surface area (Å²) in [5, 5.41) is 1.12. The monoisotopic (exact) mass is 280 g/mol. The minimum atomic E-state index is 0.494. The lowest BCUT2D eigenvalue weighted by Crippen LogP contribution is -1.98.